The van der Waals surface area contributed by atoms with Gasteiger partial charge in [0, 0.05) is 21.8 Å². The molecule has 0 aliphatic carbocycles. The van der Waals surface area contributed by atoms with Gasteiger partial charge in [-0.15, -0.1) is 10.2 Å². The molecule has 0 spiro atoms. The number of nitrogens with one attached hydrogen (secondary N) is 1. The second-order valence-electron chi connectivity index (χ2n) is 8.22. The summed E-state index contributed by atoms with van der Waals surface area (Å²) >= 11 is 6.94. The first-order valence-electron chi connectivity index (χ1n) is 10.8. The Morgan fingerprint density at radius 2 is 1.74 bits per heavy atom. The number of carbonyl (C=O) groups excluding carboxylic acids is 1. The van der Waals surface area contributed by atoms with Crippen LogP contribution in [-0.4, -0.2) is 28.0 Å². The number of rotatable bonds is 6. The minimum Gasteiger partial charge on any atom is -0.495 e. The highest BCUT2D eigenvalue weighted by atomic mass is 79.9. The number of amides is 1. The average Bonchev–Trinajstić information content (AvgIpc) is 3.20. The Kier molecular flexibility index (Phi) is 7.19. The molecule has 0 fully saturated rings. The fourth-order valence-electron chi connectivity index (χ4n) is 3.57. The third-order valence-electron chi connectivity index (χ3n) is 5.43. The molecular weight excluding hydrogens is 560 g/mol. The fraction of sp³-hybridized carbons (Fsp3) is 0.192. The predicted molar refractivity (Wildman–Crippen MR) is 144 cm³/mol. The van der Waals surface area contributed by atoms with Crippen molar-refractivity contribution in [3.8, 4) is 11.4 Å². The summed E-state index contributed by atoms with van der Waals surface area (Å²) in [4.78, 5) is 14.3. The zero-order valence-corrected chi connectivity index (χ0v) is 22.4. The van der Waals surface area contributed by atoms with Crippen molar-refractivity contribution < 1.29 is 9.53 Å². The lowest BCUT2D eigenvalue weighted by molar-refractivity contribution is -0.111. The molecule has 0 atom stereocenters. The minimum atomic E-state index is -0.253. The molecule has 174 valence electrons. The van der Waals surface area contributed by atoms with Gasteiger partial charge in [0.05, 0.1) is 17.3 Å². The SMILES string of the molecule is COc1c(Br)cc(Br)cc1/C=C/C(=O)Nc1cc2nn(-c3ccc(C(C)C)cc3)nc2cc1C. The molecule has 0 aliphatic heterocycles. The van der Waals surface area contributed by atoms with Gasteiger partial charge in [0.15, 0.2) is 0 Å². The van der Waals surface area contributed by atoms with Crippen molar-refractivity contribution in [3.63, 3.8) is 0 Å². The maximum absolute atomic E-state index is 12.7. The monoisotopic (exact) mass is 582 g/mol. The lowest BCUT2D eigenvalue weighted by Crippen LogP contribution is -2.09. The maximum Gasteiger partial charge on any atom is 0.248 e. The summed E-state index contributed by atoms with van der Waals surface area (Å²) in [5, 5.41) is 12.2. The van der Waals surface area contributed by atoms with Crippen LogP contribution in [0.3, 0.4) is 0 Å². The van der Waals surface area contributed by atoms with Crippen LogP contribution in [0.15, 0.2) is 63.6 Å². The van der Waals surface area contributed by atoms with E-state index in [2.05, 4.69) is 73.4 Å². The molecule has 0 bridgehead atoms. The normalized spacial score (nSPS) is 11.5. The molecule has 3 aromatic carbocycles. The average molecular weight is 584 g/mol. The summed E-state index contributed by atoms with van der Waals surface area (Å²) in [6, 6.07) is 15.8. The first-order valence-corrected chi connectivity index (χ1v) is 12.3. The Morgan fingerprint density at radius 1 is 1.06 bits per heavy atom. The number of aryl methyl sites for hydroxylation is 1. The molecule has 34 heavy (non-hydrogen) atoms. The van der Waals surface area contributed by atoms with Crippen molar-refractivity contribution in [2.24, 2.45) is 0 Å². The van der Waals surface area contributed by atoms with Crippen LogP contribution >= 0.6 is 31.9 Å². The summed E-state index contributed by atoms with van der Waals surface area (Å²) in [6.07, 6.45) is 3.20. The Bertz CT molecular complexity index is 1390. The van der Waals surface area contributed by atoms with Crippen LogP contribution in [0.4, 0.5) is 5.69 Å². The lowest BCUT2D eigenvalue weighted by Gasteiger charge is -2.09. The van der Waals surface area contributed by atoms with Crippen molar-refractivity contribution in [2.45, 2.75) is 26.7 Å². The predicted octanol–water partition coefficient (Wildman–Crippen LogP) is 7.04. The van der Waals surface area contributed by atoms with Crippen molar-refractivity contribution in [1.82, 2.24) is 15.0 Å². The number of hydrogen-bond acceptors (Lipinski definition) is 4. The van der Waals surface area contributed by atoms with E-state index >= 15 is 0 Å². The number of fused-ring (bicyclic) bond motifs is 1. The summed E-state index contributed by atoms with van der Waals surface area (Å²) in [7, 11) is 1.59. The summed E-state index contributed by atoms with van der Waals surface area (Å²) in [5.41, 5.74) is 5.99. The summed E-state index contributed by atoms with van der Waals surface area (Å²) in [6.45, 7) is 6.26. The van der Waals surface area contributed by atoms with Crippen LogP contribution < -0.4 is 10.1 Å². The number of halogens is 2. The van der Waals surface area contributed by atoms with Gasteiger partial charge in [-0.05, 0) is 82.4 Å². The quantitative estimate of drug-likeness (QED) is 0.247. The molecule has 8 heteroatoms. The first kappa shape index (κ1) is 24.2. The summed E-state index contributed by atoms with van der Waals surface area (Å²) in [5.74, 6) is 0.868. The second kappa shape index (κ2) is 10.1. The number of hydrogen-bond donors (Lipinski definition) is 1. The van der Waals surface area contributed by atoms with Gasteiger partial charge in [0.2, 0.25) is 5.91 Å². The van der Waals surface area contributed by atoms with Gasteiger partial charge >= 0.3 is 0 Å². The third-order valence-corrected chi connectivity index (χ3v) is 6.48. The molecule has 0 radical (unpaired) electrons. The van der Waals surface area contributed by atoms with Gasteiger partial charge in [-0.1, -0.05) is 41.9 Å². The van der Waals surface area contributed by atoms with Crippen LogP contribution in [0.2, 0.25) is 0 Å². The second-order valence-corrected chi connectivity index (χ2v) is 9.99. The van der Waals surface area contributed by atoms with Gasteiger partial charge in [0.25, 0.3) is 0 Å². The molecule has 1 amide bonds. The molecule has 1 N–H and O–H groups in total. The molecule has 0 unspecified atom stereocenters. The van der Waals surface area contributed by atoms with E-state index in [1.807, 2.05) is 43.3 Å². The third kappa shape index (κ3) is 5.23. The topological polar surface area (TPSA) is 69.0 Å². The van der Waals surface area contributed by atoms with Crippen molar-refractivity contribution in [1.29, 1.82) is 0 Å². The van der Waals surface area contributed by atoms with Gasteiger partial charge in [0.1, 0.15) is 16.8 Å². The first-order chi connectivity index (χ1) is 16.2. The highest BCUT2D eigenvalue weighted by molar-refractivity contribution is 9.11. The molecule has 4 rings (SSSR count). The van der Waals surface area contributed by atoms with Crippen LogP contribution in [0.5, 0.6) is 5.75 Å². The molecule has 4 aromatic rings. The van der Waals surface area contributed by atoms with E-state index in [-0.39, 0.29) is 5.91 Å². The smallest absolute Gasteiger partial charge is 0.248 e. The zero-order valence-electron chi connectivity index (χ0n) is 19.3. The molecule has 1 aromatic heterocycles. The Balaban J connectivity index is 1.56. The molecule has 1 heterocycles. The van der Waals surface area contributed by atoms with Gasteiger partial charge in [-0.3, -0.25) is 4.79 Å². The number of ether oxygens (including phenoxy) is 1. The number of methoxy groups -OCH3 is 1. The van der Waals surface area contributed by atoms with E-state index in [4.69, 9.17) is 4.74 Å². The highest BCUT2D eigenvalue weighted by Crippen LogP contribution is 2.33. The van der Waals surface area contributed by atoms with E-state index in [9.17, 15) is 4.79 Å². The van der Waals surface area contributed by atoms with Crippen molar-refractivity contribution >= 4 is 60.6 Å². The fourth-order valence-corrected chi connectivity index (χ4v) is 4.99. The number of benzene rings is 3. The van der Waals surface area contributed by atoms with Crippen LogP contribution in [-0.2, 0) is 4.79 Å². The molecule has 0 saturated carbocycles. The number of aromatic nitrogens is 3. The Morgan fingerprint density at radius 3 is 2.38 bits per heavy atom. The Hall–Kier alpha value is -2.97. The maximum atomic E-state index is 12.7. The minimum absolute atomic E-state index is 0.253. The van der Waals surface area contributed by atoms with Crippen LogP contribution in [0, 0.1) is 6.92 Å². The largest absolute Gasteiger partial charge is 0.495 e. The number of carbonyl (C=O) groups is 1. The van der Waals surface area contributed by atoms with E-state index in [1.165, 1.54) is 11.6 Å². The lowest BCUT2D eigenvalue weighted by atomic mass is 10.0. The van der Waals surface area contributed by atoms with Gasteiger partial charge in [-0.2, -0.15) is 4.80 Å². The van der Waals surface area contributed by atoms with Crippen LogP contribution in [0.25, 0.3) is 22.8 Å². The van der Waals surface area contributed by atoms with Gasteiger partial charge < -0.3 is 10.1 Å². The molecule has 0 saturated heterocycles. The summed E-state index contributed by atoms with van der Waals surface area (Å²) < 4.78 is 7.11. The number of nitrogens with zero attached hydrogens (tertiary/aromatic N) is 3. The van der Waals surface area contributed by atoms with E-state index < -0.39 is 0 Å². The molecular formula is C26H24Br2N4O2. The van der Waals surface area contributed by atoms with E-state index in [1.54, 1.807) is 18.0 Å². The van der Waals surface area contributed by atoms with Crippen LogP contribution in [0.1, 0.15) is 36.5 Å². The zero-order chi connectivity index (χ0) is 24.4. The standard InChI is InChI=1S/C26H24Br2N4O2/c1-15(2)17-5-8-20(9-6-17)32-30-23-11-16(3)22(14-24(23)31-32)29-25(33)10-7-18-12-19(27)13-21(28)26(18)34-4/h5-15H,1-4H3,(H,29,33)/b10-7+. The molecule has 6 nitrogen and oxygen atoms in total. The van der Waals surface area contributed by atoms with E-state index in [0.29, 0.717) is 22.9 Å². The molecule has 0 aliphatic rings. The Labute approximate surface area is 215 Å². The van der Waals surface area contributed by atoms with E-state index in [0.717, 1.165) is 31.3 Å². The van der Waals surface area contributed by atoms with Crippen molar-refractivity contribution in [2.75, 3.05) is 12.4 Å². The highest BCUT2D eigenvalue weighted by Gasteiger charge is 2.11. The van der Waals surface area contributed by atoms with Crippen molar-refractivity contribution in [3.05, 3.63) is 80.2 Å². The van der Waals surface area contributed by atoms with Gasteiger partial charge in [-0.25, -0.2) is 0 Å². The number of anilines is 1.